The third-order valence-electron chi connectivity index (χ3n) is 4.17. The van der Waals surface area contributed by atoms with Crippen molar-refractivity contribution in [2.24, 2.45) is 0 Å². The van der Waals surface area contributed by atoms with Crippen LogP contribution in [0.15, 0.2) is 42.5 Å². The Balaban J connectivity index is 1.95. The number of fused-ring (bicyclic) bond motifs is 1. The second-order valence-electron chi connectivity index (χ2n) is 5.77. The summed E-state index contributed by atoms with van der Waals surface area (Å²) in [7, 11) is 0. The molecule has 2 N–H and O–H groups in total. The zero-order valence-electron chi connectivity index (χ0n) is 14.3. The average Bonchev–Trinajstić information content (AvgIpc) is 3.05. The van der Waals surface area contributed by atoms with Crippen molar-refractivity contribution < 1.29 is 14.6 Å². The Labute approximate surface area is 146 Å². The van der Waals surface area contributed by atoms with Crippen LogP contribution in [0.1, 0.15) is 19.4 Å². The number of nitrogens with zero attached hydrogens (tertiary/aromatic N) is 2. The molecule has 1 aromatic heterocycles. The molecule has 0 unspecified atom stereocenters. The Hall–Kier alpha value is -2.86. The molecule has 130 valence electrons. The van der Waals surface area contributed by atoms with Crippen molar-refractivity contribution in [2.45, 2.75) is 20.4 Å². The number of benzene rings is 2. The number of carbonyl (C=O) groups is 1. The summed E-state index contributed by atoms with van der Waals surface area (Å²) < 4.78 is 4.81. The van der Waals surface area contributed by atoms with Crippen molar-refractivity contribution in [3.8, 4) is 17.1 Å². The van der Waals surface area contributed by atoms with Gasteiger partial charge in [-0.3, -0.25) is 4.90 Å². The van der Waals surface area contributed by atoms with Crippen molar-refractivity contribution in [1.82, 2.24) is 14.9 Å². The molecule has 0 amide bonds. The highest BCUT2D eigenvalue weighted by atomic mass is 16.7. The Kier molecular flexibility index (Phi) is 5.00. The standard InChI is InChI=1S/C19H21N3O3/c1-3-22(4-2)12-13-7-5-8-14(11-13)18-20-15-9-6-10-16(17(15)21-18)25-19(23)24/h5-11H,3-4,12H2,1-2H3,(H,20,21)(H,23,24). The van der Waals surface area contributed by atoms with E-state index in [4.69, 9.17) is 9.84 Å². The van der Waals surface area contributed by atoms with Crippen LogP contribution in [-0.2, 0) is 6.54 Å². The molecule has 1 heterocycles. The summed E-state index contributed by atoms with van der Waals surface area (Å²) in [6, 6.07) is 13.4. The summed E-state index contributed by atoms with van der Waals surface area (Å²) in [4.78, 5) is 20.9. The molecule has 0 saturated carbocycles. The van der Waals surface area contributed by atoms with Crippen LogP contribution >= 0.6 is 0 Å². The predicted octanol–water partition coefficient (Wildman–Crippen LogP) is 4.13. The van der Waals surface area contributed by atoms with Crippen LogP contribution < -0.4 is 4.74 Å². The summed E-state index contributed by atoms with van der Waals surface area (Å²) >= 11 is 0. The van der Waals surface area contributed by atoms with Gasteiger partial charge in [0.25, 0.3) is 0 Å². The summed E-state index contributed by atoms with van der Waals surface area (Å²) in [6.45, 7) is 7.18. The van der Waals surface area contributed by atoms with Gasteiger partial charge in [-0.25, -0.2) is 9.78 Å². The molecule has 25 heavy (non-hydrogen) atoms. The monoisotopic (exact) mass is 339 g/mol. The van der Waals surface area contributed by atoms with Crippen LogP contribution in [-0.4, -0.2) is 39.2 Å². The molecule has 0 aliphatic heterocycles. The summed E-state index contributed by atoms with van der Waals surface area (Å²) in [5.74, 6) is 0.921. The number of aromatic nitrogens is 2. The number of H-pyrrole nitrogens is 1. The average molecular weight is 339 g/mol. The highest BCUT2D eigenvalue weighted by molar-refractivity contribution is 5.86. The van der Waals surface area contributed by atoms with E-state index in [1.165, 1.54) is 5.56 Å². The Morgan fingerprint density at radius 3 is 2.68 bits per heavy atom. The SMILES string of the molecule is CCN(CC)Cc1cccc(-c2nc3c(OC(=O)O)cccc3[nH]2)c1. The molecule has 0 aliphatic carbocycles. The van der Waals surface area contributed by atoms with E-state index in [0.29, 0.717) is 11.3 Å². The summed E-state index contributed by atoms with van der Waals surface area (Å²) in [5, 5.41) is 8.85. The summed E-state index contributed by atoms with van der Waals surface area (Å²) in [6.07, 6.45) is -1.35. The molecule has 2 aromatic carbocycles. The van der Waals surface area contributed by atoms with E-state index in [1.807, 2.05) is 18.2 Å². The lowest BCUT2D eigenvalue weighted by atomic mass is 10.1. The second-order valence-corrected chi connectivity index (χ2v) is 5.77. The van der Waals surface area contributed by atoms with Crippen LogP contribution in [0.25, 0.3) is 22.4 Å². The maximum atomic E-state index is 10.8. The topological polar surface area (TPSA) is 78.5 Å². The predicted molar refractivity (Wildman–Crippen MR) is 96.8 cm³/mol. The molecule has 0 radical (unpaired) electrons. The smallest absolute Gasteiger partial charge is 0.449 e. The number of para-hydroxylation sites is 1. The normalized spacial score (nSPS) is 11.2. The molecule has 0 bridgehead atoms. The Morgan fingerprint density at radius 2 is 1.96 bits per heavy atom. The highest BCUT2D eigenvalue weighted by Gasteiger charge is 2.12. The molecule has 0 spiro atoms. The lowest BCUT2D eigenvalue weighted by Gasteiger charge is -2.18. The number of hydrogen-bond donors (Lipinski definition) is 2. The Morgan fingerprint density at radius 1 is 1.20 bits per heavy atom. The van der Waals surface area contributed by atoms with Gasteiger partial charge >= 0.3 is 6.16 Å². The molecule has 6 nitrogen and oxygen atoms in total. The first-order valence-electron chi connectivity index (χ1n) is 8.32. The summed E-state index contributed by atoms with van der Waals surface area (Å²) in [5.41, 5.74) is 3.42. The van der Waals surface area contributed by atoms with Gasteiger partial charge in [-0.15, -0.1) is 0 Å². The van der Waals surface area contributed by atoms with Gasteiger partial charge in [-0.1, -0.05) is 38.1 Å². The van der Waals surface area contributed by atoms with Crippen LogP contribution in [0.3, 0.4) is 0 Å². The van der Waals surface area contributed by atoms with Crippen molar-refractivity contribution in [1.29, 1.82) is 0 Å². The van der Waals surface area contributed by atoms with E-state index in [-0.39, 0.29) is 5.75 Å². The third kappa shape index (κ3) is 3.80. The van der Waals surface area contributed by atoms with E-state index in [1.54, 1.807) is 12.1 Å². The largest absolute Gasteiger partial charge is 0.511 e. The van der Waals surface area contributed by atoms with Crippen LogP contribution in [0.2, 0.25) is 0 Å². The molecule has 6 heteroatoms. The van der Waals surface area contributed by atoms with Gasteiger partial charge in [-0.05, 0) is 36.9 Å². The number of nitrogens with one attached hydrogen (secondary N) is 1. The maximum Gasteiger partial charge on any atom is 0.511 e. The van der Waals surface area contributed by atoms with Gasteiger partial charge in [0.05, 0.1) is 5.52 Å². The Bertz CT molecular complexity index is 885. The number of hydrogen-bond acceptors (Lipinski definition) is 4. The number of ether oxygens (including phenoxy) is 1. The lowest BCUT2D eigenvalue weighted by Crippen LogP contribution is -2.22. The van der Waals surface area contributed by atoms with E-state index in [2.05, 4.69) is 40.8 Å². The molecular formula is C19H21N3O3. The van der Waals surface area contributed by atoms with Crippen molar-refractivity contribution in [3.63, 3.8) is 0 Å². The van der Waals surface area contributed by atoms with Crippen LogP contribution in [0.5, 0.6) is 5.75 Å². The fourth-order valence-electron chi connectivity index (χ4n) is 2.84. The zero-order valence-corrected chi connectivity index (χ0v) is 14.3. The lowest BCUT2D eigenvalue weighted by molar-refractivity contribution is 0.145. The van der Waals surface area contributed by atoms with Gasteiger partial charge in [0, 0.05) is 12.1 Å². The van der Waals surface area contributed by atoms with E-state index in [9.17, 15) is 4.79 Å². The molecule has 0 fully saturated rings. The first kappa shape index (κ1) is 17.0. The molecule has 3 rings (SSSR count). The second kappa shape index (κ2) is 7.36. The van der Waals surface area contributed by atoms with Crippen molar-refractivity contribution in [2.75, 3.05) is 13.1 Å². The molecule has 0 aliphatic rings. The minimum Gasteiger partial charge on any atom is -0.449 e. The van der Waals surface area contributed by atoms with Crippen molar-refractivity contribution in [3.05, 3.63) is 48.0 Å². The molecule has 0 saturated heterocycles. The van der Waals surface area contributed by atoms with E-state index >= 15 is 0 Å². The van der Waals surface area contributed by atoms with Crippen molar-refractivity contribution >= 4 is 17.2 Å². The molecule has 3 aromatic rings. The van der Waals surface area contributed by atoms with Gasteiger partial charge in [-0.2, -0.15) is 0 Å². The van der Waals surface area contributed by atoms with Gasteiger partial charge in [0.1, 0.15) is 11.3 Å². The maximum absolute atomic E-state index is 10.8. The third-order valence-corrected chi connectivity index (χ3v) is 4.17. The fraction of sp³-hybridized carbons (Fsp3) is 0.263. The molecular weight excluding hydrogens is 318 g/mol. The van der Waals surface area contributed by atoms with Gasteiger partial charge in [0.2, 0.25) is 0 Å². The van der Waals surface area contributed by atoms with E-state index < -0.39 is 6.16 Å². The molecule has 0 atom stereocenters. The number of carboxylic acid groups (broad SMARTS) is 1. The minimum atomic E-state index is -1.35. The number of imidazole rings is 1. The number of aromatic amines is 1. The first-order chi connectivity index (χ1) is 12.1. The number of rotatable bonds is 6. The minimum absolute atomic E-state index is 0.229. The van der Waals surface area contributed by atoms with Gasteiger partial charge < -0.3 is 14.8 Å². The fourth-order valence-corrected chi connectivity index (χ4v) is 2.84. The highest BCUT2D eigenvalue weighted by Crippen LogP contribution is 2.28. The van der Waals surface area contributed by atoms with Crippen LogP contribution in [0.4, 0.5) is 4.79 Å². The zero-order chi connectivity index (χ0) is 17.8. The van der Waals surface area contributed by atoms with Gasteiger partial charge in [0.15, 0.2) is 5.75 Å². The van der Waals surface area contributed by atoms with Crippen LogP contribution in [0, 0.1) is 0 Å². The quantitative estimate of drug-likeness (QED) is 0.521. The van der Waals surface area contributed by atoms with E-state index in [0.717, 1.165) is 30.7 Å². The first-order valence-corrected chi connectivity index (χ1v) is 8.32.